The summed E-state index contributed by atoms with van der Waals surface area (Å²) in [6, 6.07) is -0.249. The van der Waals surface area contributed by atoms with E-state index >= 15 is 0 Å². The van der Waals surface area contributed by atoms with Gasteiger partial charge in [0.25, 0.3) is 0 Å². The molecule has 3 atom stereocenters. The molecular formula is C8H15NO3. The van der Waals surface area contributed by atoms with Crippen LogP contribution < -0.4 is 5.73 Å². The predicted octanol–water partition coefficient (Wildman–Crippen LogP) is -0.352. The Morgan fingerprint density at radius 1 is 1.58 bits per heavy atom. The van der Waals surface area contributed by atoms with Gasteiger partial charge in [-0.15, -0.1) is 0 Å². The topological polar surface area (TPSA) is 72.5 Å². The molecule has 1 saturated carbocycles. The minimum Gasteiger partial charge on any atom is -0.469 e. The molecule has 0 aromatic carbocycles. The number of aliphatic hydroxyl groups excluding tert-OH is 1. The van der Waals surface area contributed by atoms with Crippen LogP contribution in [0.5, 0.6) is 0 Å². The molecule has 4 heteroatoms. The summed E-state index contributed by atoms with van der Waals surface area (Å²) in [4.78, 5) is 11.1. The second kappa shape index (κ2) is 3.87. The third kappa shape index (κ3) is 1.95. The van der Waals surface area contributed by atoms with Crippen molar-refractivity contribution in [2.45, 2.75) is 31.4 Å². The molecule has 70 valence electrons. The first-order valence-electron chi connectivity index (χ1n) is 4.16. The summed E-state index contributed by atoms with van der Waals surface area (Å²) in [6.45, 7) is 0. The first-order valence-corrected chi connectivity index (χ1v) is 4.16. The maximum absolute atomic E-state index is 11.1. The van der Waals surface area contributed by atoms with Gasteiger partial charge in [0.2, 0.25) is 0 Å². The fourth-order valence-electron chi connectivity index (χ4n) is 1.63. The van der Waals surface area contributed by atoms with Gasteiger partial charge in [-0.05, 0) is 19.3 Å². The van der Waals surface area contributed by atoms with E-state index in [0.29, 0.717) is 19.3 Å². The summed E-state index contributed by atoms with van der Waals surface area (Å²) < 4.78 is 4.59. The number of esters is 1. The molecule has 4 nitrogen and oxygen atoms in total. The summed E-state index contributed by atoms with van der Waals surface area (Å²) in [5, 5.41) is 9.22. The van der Waals surface area contributed by atoms with Gasteiger partial charge >= 0.3 is 5.97 Å². The fourth-order valence-corrected chi connectivity index (χ4v) is 1.63. The van der Waals surface area contributed by atoms with E-state index in [1.165, 1.54) is 7.11 Å². The Morgan fingerprint density at radius 2 is 2.25 bits per heavy atom. The number of rotatable bonds is 1. The van der Waals surface area contributed by atoms with Gasteiger partial charge in [0, 0.05) is 6.04 Å². The van der Waals surface area contributed by atoms with Crippen LogP contribution in [-0.2, 0) is 9.53 Å². The molecule has 1 aliphatic carbocycles. The van der Waals surface area contributed by atoms with Crippen molar-refractivity contribution in [2.24, 2.45) is 11.7 Å². The van der Waals surface area contributed by atoms with Crippen molar-refractivity contribution in [3.63, 3.8) is 0 Å². The van der Waals surface area contributed by atoms with Crippen LogP contribution in [0.25, 0.3) is 0 Å². The standard InChI is InChI=1S/C8H15NO3/c1-12-8(11)6-3-2-5(10)4-7(6)9/h5-7,10H,2-4,9H2,1H3. The van der Waals surface area contributed by atoms with Crippen LogP contribution in [0.1, 0.15) is 19.3 Å². The molecule has 12 heavy (non-hydrogen) atoms. The Hall–Kier alpha value is -0.610. The Balaban J connectivity index is 2.50. The molecule has 0 spiro atoms. The van der Waals surface area contributed by atoms with Crippen LogP contribution in [-0.4, -0.2) is 30.3 Å². The lowest BCUT2D eigenvalue weighted by molar-refractivity contribution is -0.147. The molecule has 1 aliphatic rings. The first-order chi connectivity index (χ1) is 5.65. The third-order valence-electron chi connectivity index (χ3n) is 2.38. The number of ether oxygens (including phenoxy) is 1. The monoisotopic (exact) mass is 173 g/mol. The molecule has 1 fully saturated rings. The zero-order chi connectivity index (χ0) is 9.14. The highest BCUT2D eigenvalue weighted by Gasteiger charge is 2.32. The van der Waals surface area contributed by atoms with Gasteiger partial charge in [-0.3, -0.25) is 4.79 Å². The highest BCUT2D eigenvalue weighted by Crippen LogP contribution is 2.24. The molecule has 0 bridgehead atoms. The second-order valence-corrected chi connectivity index (χ2v) is 3.26. The van der Waals surface area contributed by atoms with E-state index in [1.807, 2.05) is 0 Å². The van der Waals surface area contributed by atoms with Gasteiger partial charge in [0.15, 0.2) is 0 Å². The van der Waals surface area contributed by atoms with Crippen LogP contribution >= 0.6 is 0 Å². The fraction of sp³-hybridized carbons (Fsp3) is 0.875. The van der Waals surface area contributed by atoms with Crippen molar-refractivity contribution in [3.05, 3.63) is 0 Å². The van der Waals surface area contributed by atoms with Gasteiger partial charge in [-0.2, -0.15) is 0 Å². The number of carbonyl (C=O) groups is 1. The number of hydrogen-bond donors (Lipinski definition) is 2. The minimum atomic E-state index is -0.346. The lowest BCUT2D eigenvalue weighted by atomic mass is 9.83. The molecule has 0 amide bonds. The summed E-state index contributed by atoms with van der Waals surface area (Å²) in [6.07, 6.45) is 1.43. The van der Waals surface area contributed by atoms with Crippen molar-refractivity contribution in [1.82, 2.24) is 0 Å². The molecular weight excluding hydrogens is 158 g/mol. The van der Waals surface area contributed by atoms with E-state index < -0.39 is 0 Å². The lowest BCUT2D eigenvalue weighted by Crippen LogP contribution is -2.42. The molecule has 0 aromatic heterocycles. The Labute approximate surface area is 71.7 Å². The number of carbonyl (C=O) groups excluding carboxylic acids is 1. The van der Waals surface area contributed by atoms with Gasteiger partial charge in [-0.25, -0.2) is 0 Å². The molecule has 0 aromatic rings. The molecule has 0 heterocycles. The average Bonchev–Trinajstić information content (AvgIpc) is 2.03. The highest BCUT2D eigenvalue weighted by atomic mass is 16.5. The Kier molecular flexibility index (Phi) is 3.05. The zero-order valence-corrected chi connectivity index (χ0v) is 7.19. The number of aliphatic hydroxyl groups is 1. The first kappa shape index (κ1) is 9.48. The van der Waals surface area contributed by atoms with E-state index in [0.717, 1.165) is 0 Å². The largest absolute Gasteiger partial charge is 0.469 e. The van der Waals surface area contributed by atoms with Crippen LogP contribution in [0.15, 0.2) is 0 Å². The second-order valence-electron chi connectivity index (χ2n) is 3.26. The molecule has 1 rings (SSSR count). The molecule has 3 N–H and O–H groups in total. The molecule has 0 aliphatic heterocycles. The van der Waals surface area contributed by atoms with Crippen molar-refractivity contribution in [1.29, 1.82) is 0 Å². The molecule has 0 saturated heterocycles. The molecule has 3 unspecified atom stereocenters. The van der Waals surface area contributed by atoms with Crippen LogP contribution in [0.4, 0.5) is 0 Å². The number of methoxy groups -OCH3 is 1. The minimum absolute atomic E-state index is 0.224. The van der Waals surface area contributed by atoms with Crippen LogP contribution in [0.3, 0.4) is 0 Å². The van der Waals surface area contributed by atoms with Crippen molar-refractivity contribution in [2.75, 3.05) is 7.11 Å². The summed E-state index contributed by atoms with van der Waals surface area (Å²) >= 11 is 0. The normalized spacial score (nSPS) is 36.1. The average molecular weight is 173 g/mol. The van der Waals surface area contributed by atoms with Gasteiger partial charge in [0.05, 0.1) is 19.1 Å². The van der Waals surface area contributed by atoms with Gasteiger partial charge < -0.3 is 15.6 Å². The number of nitrogens with two attached hydrogens (primary N) is 1. The Bertz CT molecular complexity index is 172. The van der Waals surface area contributed by atoms with Crippen LogP contribution in [0.2, 0.25) is 0 Å². The summed E-state index contributed by atoms with van der Waals surface area (Å²) in [7, 11) is 1.36. The third-order valence-corrected chi connectivity index (χ3v) is 2.38. The SMILES string of the molecule is COC(=O)C1CCC(O)CC1N. The summed E-state index contributed by atoms with van der Waals surface area (Å²) in [5.74, 6) is -0.479. The van der Waals surface area contributed by atoms with E-state index in [-0.39, 0.29) is 24.0 Å². The lowest BCUT2D eigenvalue weighted by Gasteiger charge is -2.29. The maximum Gasteiger partial charge on any atom is 0.310 e. The zero-order valence-electron chi connectivity index (χ0n) is 7.19. The van der Waals surface area contributed by atoms with E-state index in [2.05, 4.69) is 4.74 Å². The predicted molar refractivity (Wildman–Crippen MR) is 43.3 cm³/mol. The van der Waals surface area contributed by atoms with E-state index in [4.69, 9.17) is 5.73 Å². The smallest absolute Gasteiger partial charge is 0.310 e. The van der Waals surface area contributed by atoms with Gasteiger partial charge in [-0.1, -0.05) is 0 Å². The van der Waals surface area contributed by atoms with Crippen molar-refractivity contribution >= 4 is 5.97 Å². The molecule has 0 radical (unpaired) electrons. The van der Waals surface area contributed by atoms with Gasteiger partial charge in [0.1, 0.15) is 0 Å². The van der Waals surface area contributed by atoms with Crippen molar-refractivity contribution < 1.29 is 14.6 Å². The van der Waals surface area contributed by atoms with E-state index in [1.54, 1.807) is 0 Å². The van der Waals surface area contributed by atoms with E-state index in [9.17, 15) is 9.90 Å². The Morgan fingerprint density at radius 3 is 2.75 bits per heavy atom. The summed E-state index contributed by atoms with van der Waals surface area (Å²) in [5.41, 5.74) is 5.69. The number of hydrogen-bond acceptors (Lipinski definition) is 4. The quantitative estimate of drug-likeness (QED) is 0.531. The van der Waals surface area contributed by atoms with Crippen molar-refractivity contribution in [3.8, 4) is 0 Å². The maximum atomic E-state index is 11.1. The van der Waals surface area contributed by atoms with Crippen LogP contribution in [0, 0.1) is 5.92 Å². The highest BCUT2D eigenvalue weighted by molar-refractivity contribution is 5.73.